The van der Waals surface area contributed by atoms with Crippen molar-refractivity contribution >= 4 is 44.9 Å². The molecule has 0 saturated carbocycles. The number of benzene rings is 1. The highest BCUT2D eigenvalue weighted by Gasteiger charge is 2.12. The fourth-order valence-electron chi connectivity index (χ4n) is 2.04. The van der Waals surface area contributed by atoms with E-state index in [4.69, 9.17) is 11.6 Å². The zero-order chi connectivity index (χ0) is 15.0. The highest BCUT2D eigenvalue weighted by atomic mass is 35.5. The maximum atomic E-state index is 12.2. The van der Waals surface area contributed by atoms with Crippen LogP contribution in [-0.4, -0.2) is 9.97 Å². The van der Waals surface area contributed by atoms with Crippen molar-refractivity contribution in [3.05, 3.63) is 55.6 Å². The normalized spacial score (nSPS) is 11.2. The molecule has 0 aliphatic carbocycles. The van der Waals surface area contributed by atoms with Gasteiger partial charge in [0.1, 0.15) is 4.83 Å². The molecular formula is C15H13ClN2OS2. The molecule has 3 nitrogen and oxygen atoms in total. The second kappa shape index (κ2) is 5.83. The van der Waals surface area contributed by atoms with Gasteiger partial charge in [-0.15, -0.1) is 11.3 Å². The average molecular weight is 337 g/mol. The summed E-state index contributed by atoms with van der Waals surface area (Å²) in [5, 5.41) is 2.10. The molecule has 0 atom stereocenters. The standard InChI is InChI=1S/C15H13ClN2OS2/c1-8-9(2)21-14-12(8)13(19)17-15(18-14)20-7-10-3-5-11(16)6-4-10/h3-6H,7H2,1-2H3,(H,17,18,19). The minimum absolute atomic E-state index is 0.0551. The third-order valence-corrected chi connectivity index (χ3v) is 5.60. The van der Waals surface area contributed by atoms with E-state index in [0.717, 1.165) is 31.6 Å². The van der Waals surface area contributed by atoms with Crippen molar-refractivity contribution in [2.24, 2.45) is 0 Å². The third-order valence-electron chi connectivity index (χ3n) is 3.31. The first kappa shape index (κ1) is 14.6. The quantitative estimate of drug-likeness (QED) is 0.564. The number of hydrogen-bond acceptors (Lipinski definition) is 4. The van der Waals surface area contributed by atoms with E-state index >= 15 is 0 Å². The highest BCUT2D eigenvalue weighted by molar-refractivity contribution is 7.98. The van der Waals surface area contributed by atoms with Gasteiger partial charge in [0.2, 0.25) is 0 Å². The summed E-state index contributed by atoms with van der Waals surface area (Å²) in [6.45, 7) is 3.98. The molecule has 0 fully saturated rings. The molecule has 0 bridgehead atoms. The average Bonchev–Trinajstić information content (AvgIpc) is 2.74. The number of aromatic amines is 1. The van der Waals surface area contributed by atoms with E-state index in [0.29, 0.717) is 10.5 Å². The van der Waals surface area contributed by atoms with E-state index in [1.54, 1.807) is 11.3 Å². The molecule has 1 N–H and O–H groups in total. The molecule has 6 heteroatoms. The molecule has 3 aromatic rings. The monoisotopic (exact) mass is 336 g/mol. The van der Waals surface area contributed by atoms with Gasteiger partial charge in [-0.05, 0) is 37.1 Å². The van der Waals surface area contributed by atoms with Gasteiger partial charge in [-0.1, -0.05) is 35.5 Å². The Morgan fingerprint density at radius 3 is 2.71 bits per heavy atom. The van der Waals surface area contributed by atoms with E-state index in [1.165, 1.54) is 11.8 Å². The van der Waals surface area contributed by atoms with Crippen LogP contribution in [-0.2, 0) is 5.75 Å². The lowest BCUT2D eigenvalue weighted by Crippen LogP contribution is -2.08. The van der Waals surface area contributed by atoms with Gasteiger partial charge >= 0.3 is 0 Å². The second-order valence-corrected chi connectivity index (χ2v) is 7.35. The first-order chi connectivity index (χ1) is 10.0. The van der Waals surface area contributed by atoms with Crippen LogP contribution in [0.15, 0.2) is 34.2 Å². The highest BCUT2D eigenvalue weighted by Crippen LogP contribution is 2.28. The zero-order valence-corrected chi connectivity index (χ0v) is 14.0. The van der Waals surface area contributed by atoms with E-state index < -0.39 is 0 Å². The van der Waals surface area contributed by atoms with Crippen molar-refractivity contribution in [3.8, 4) is 0 Å². The summed E-state index contributed by atoms with van der Waals surface area (Å²) in [7, 11) is 0. The van der Waals surface area contributed by atoms with Crippen LogP contribution in [0, 0.1) is 13.8 Å². The number of H-pyrrole nitrogens is 1. The van der Waals surface area contributed by atoms with Crippen molar-refractivity contribution in [1.82, 2.24) is 9.97 Å². The number of hydrogen-bond donors (Lipinski definition) is 1. The molecule has 3 rings (SSSR count). The second-order valence-electron chi connectivity index (χ2n) is 4.75. The minimum Gasteiger partial charge on any atom is -0.301 e. The number of aryl methyl sites for hydroxylation is 2. The number of thioether (sulfide) groups is 1. The van der Waals surface area contributed by atoms with Gasteiger partial charge in [-0.2, -0.15) is 0 Å². The first-order valence-electron chi connectivity index (χ1n) is 6.42. The van der Waals surface area contributed by atoms with Crippen LogP contribution in [0.5, 0.6) is 0 Å². The Bertz CT molecular complexity index is 852. The summed E-state index contributed by atoms with van der Waals surface area (Å²) in [5.41, 5.74) is 2.11. The molecule has 0 spiro atoms. The van der Waals surface area contributed by atoms with E-state index in [9.17, 15) is 4.79 Å². The Kier molecular flexibility index (Phi) is 4.06. The Morgan fingerprint density at radius 2 is 2.00 bits per heavy atom. The molecule has 1 aromatic carbocycles. The number of thiophene rings is 1. The molecule has 0 amide bonds. The van der Waals surface area contributed by atoms with E-state index in [-0.39, 0.29) is 5.56 Å². The van der Waals surface area contributed by atoms with Gasteiger partial charge in [-0.3, -0.25) is 4.79 Å². The molecule has 0 saturated heterocycles. The summed E-state index contributed by atoms with van der Waals surface area (Å²) in [4.78, 5) is 21.5. The van der Waals surface area contributed by atoms with Crippen molar-refractivity contribution in [3.63, 3.8) is 0 Å². The number of nitrogens with one attached hydrogen (secondary N) is 1. The van der Waals surface area contributed by atoms with Crippen molar-refractivity contribution in [2.75, 3.05) is 0 Å². The van der Waals surface area contributed by atoms with Crippen LogP contribution < -0.4 is 5.56 Å². The molecule has 21 heavy (non-hydrogen) atoms. The van der Waals surface area contributed by atoms with Crippen LogP contribution in [0.1, 0.15) is 16.0 Å². The van der Waals surface area contributed by atoms with Gasteiger partial charge in [0.15, 0.2) is 5.16 Å². The topological polar surface area (TPSA) is 45.8 Å². The Hall–Kier alpha value is -1.30. The van der Waals surface area contributed by atoms with Crippen LogP contribution in [0.3, 0.4) is 0 Å². The van der Waals surface area contributed by atoms with Crippen molar-refractivity contribution in [1.29, 1.82) is 0 Å². The lowest BCUT2D eigenvalue weighted by atomic mass is 10.2. The summed E-state index contributed by atoms with van der Waals surface area (Å²) < 4.78 is 0. The Balaban J connectivity index is 1.88. The SMILES string of the molecule is Cc1sc2nc(SCc3ccc(Cl)cc3)[nH]c(=O)c2c1C. The summed E-state index contributed by atoms with van der Waals surface area (Å²) in [6, 6.07) is 7.68. The largest absolute Gasteiger partial charge is 0.301 e. The van der Waals surface area contributed by atoms with Gasteiger partial charge in [-0.25, -0.2) is 4.98 Å². The summed E-state index contributed by atoms with van der Waals surface area (Å²) >= 11 is 8.96. The lowest BCUT2D eigenvalue weighted by molar-refractivity contribution is 0.978. The van der Waals surface area contributed by atoms with Crippen LogP contribution in [0.4, 0.5) is 0 Å². The maximum Gasteiger partial charge on any atom is 0.260 e. The molecule has 108 valence electrons. The van der Waals surface area contributed by atoms with Crippen LogP contribution in [0.25, 0.3) is 10.2 Å². The minimum atomic E-state index is -0.0551. The summed E-state index contributed by atoms with van der Waals surface area (Å²) in [6.07, 6.45) is 0. The lowest BCUT2D eigenvalue weighted by Gasteiger charge is -2.02. The molecule has 2 heterocycles. The fourth-order valence-corrected chi connectivity index (χ4v) is 4.07. The molecule has 0 aliphatic heterocycles. The smallest absolute Gasteiger partial charge is 0.260 e. The molecule has 0 aliphatic rings. The van der Waals surface area contributed by atoms with Crippen molar-refractivity contribution in [2.45, 2.75) is 24.8 Å². The van der Waals surface area contributed by atoms with Crippen LogP contribution in [0.2, 0.25) is 5.02 Å². The first-order valence-corrected chi connectivity index (χ1v) is 8.60. The number of rotatable bonds is 3. The van der Waals surface area contributed by atoms with Crippen molar-refractivity contribution < 1.29 is 0 Å². The molecule has 2 aromatic heterocycles. The number of halogens is 1. The predicted octanol–water partition coefficient (Wildman–Crippen LogP) is 4.55. The third kappa shape index (κ3) is 3.00. The molecule has 0 unspecified atom stereocenters. The predicted molar refractivity (Wildman–Crippen MR) is 90.7 cm³/mol. The van der Waals surface area contributed by atoms with Gasteiger partial charge in [0.25, 0.3) is 5.56 Å². The summed E-state index contributed by atoms with van der Waals surface area (Å²) in [5.74, 6) is 0.745. The number of fused-ring (bicyclic) bond motifs is 1. The fraction of sp³-hybridized carbons (Fsp3) is 0.200. The number of nitrogens with zero attached hydrogens (tertiary/aromatic N) is 1. The van der Waals surface area contributed by atoms with Crippen LogP contribution >= 0.6 is 34.7 Å². The van der Waals surface area contributed by atoms with E-state index in [2.05, 4.69) is 9.97 Å². The Morgan fingerprint density at radius 1 is 1.29 bits per heavy atom. The van der Waals surface area contributed by atoms with E-state index in [1.807, 2.05) is 38.1 Å². The Labute approximate surface area is 135 Å². The zero-order valence-electron chi connectivity index (χ0n) is 11.6. The van der Waals surface area contributed by atoms with Gasteiger partial charge in [0.05, 0.1) is 5.39 Å². The number of aromatic nitrogens is 2. The van der Waals surface area contributed by atoms with Gasteiger partial charge in [0, 0.05) is 15.7 Å². The maximum absolute atomic E-state index is 12.2. The molecule has 0 radical (unpaired) electrons. The van der Waals surface area contributed by atoms with Gasteiger partial charge < -0.3 is 4.98 Å². The molecular weight excluding hydrogens is 324 g/mol.